The van der Waals surface area contributed by atoms with Crippen LogP contribution in [0.2, 0.25) is 0 Å². The molecule has 3 unspecified atom stereocenters. The van der Waals surface area contributed by atoms with Crippen LogP contribution in [0.25, 0.3) is 0 Å². The van der Waals surface area contributed by atoms with Crippen LogP contribution in [0.5, 0.6) is 5.75 Å². The predicted octanol–water partition coefficient (Wildman–Crippen LogP) is 5.47. The summed E-state index contributed by atoms with van der Waals surface area (Å²) in [6.45, 7) is 13.2. The van der Waals surface area contributed by atoms with Crippen molar-refractivity contribution in [3.63, 3.8) is 0 Å². The van der Waals surface area contributed by atoms with Crippen LogP contribution in [0.1, 0.15) is 65.1 Å². The molecule has 2 aromatic rings. The number of rotatable bonds is 10. The summed E-state index contributed by atoms with van der Waals surface area (Å²) >= 11 is 0. The third kappa shape index (κ3) is 8.51. The molecule has 0 fully saturated rings. The Hall–Kier alpha value is -3.55. The summed E-state index contributed by atoms with van der Waals surface area (Å²) in [7, 11) is 1.57. The van der Waals surface area contributed by atoms with Gasteiger partial charge in [-0.05, 0) is 70.4 Å². The maximum Gasteiger partial charge on any atom is 0.408 e. The standard InChI is InChI=1S/C29H41N3O5/c1-9-20(4)24(31-28(35)37-29(5,6)7)27(34)32(10-2)25(21-13-11-12-19(3)18-21)26(33)30-22-14-16-23(36-8)17-15-22/h11-18,20,24-25H,9-10H2,1-8H3,(H,30,33)(H,31,35). The van der Waals surface area contributed by atoms with Gasteiger partial charge in [0.05, 0.1) is 7.11 Å². The number of benzene rings is 2. The molecule has 0 saturated heterocycles. The zero-order chi connectivity index (χ0) is 27.8. The van der Waals surface area contributed by atoms with Crippen LogP contribution in [0.15, 0.2) is 48.5 Å². The van der Waals surface area contributed by atoms with E-state index in [9.17, 15) is 14.4 Å². The first-order valence-electron chi connectivity index (χ1n) is 12.7. The number of likely N-dealkylation sites (N-methyl/N-ethyl adjacent to an activating group) is 1. The van der Waals surface area contributed by atoms with Gasteiger partial charge in [-0.15, -0.1) is 0 Å². The van der Waals surface area contributed by atoms with E-state index in [1.54, 1.807) is 52.1 Å². The summed E-state index contributed by atoms with van der Waals surface area (Å²) < 4.78 is 10.6. The van der Waals surface area contributed by atoms with Gasteiger partial charge in [0.25, 0.3) is 5.91 Å². The van der Waals surface area contributed by atoms with E-state index in [1.165, 1.54) is 4.90 Å². The monoisotopic (exact) mass is 511 g/mol. The third-order valence-corrected chi connectivity index (χ3v) is 6.05. The van der Waals surface area contributed by atoms with Crippen molar-refractivity contribution in [1.29, 1.82) is 0 Å². The van der Waals surface area contributed by atoms with E-state index in [0.717, 1.165) is 5.56 Å². The lowest BCUT2D eigenvalue weighted by molar-refractivity contribution is -0.141. The van der Waals surface area contributed by atoms with Gasteiger partial charge in [-0.3, -0.25) is 9.59 Å². The second-order valence-corrected chi connectivity index (χ2v) is 10.2. The molecule has 0 saturated carbocycles. The zero-order valence-corrected chi connectivity index (χ0v) is 23.3. The number of anilines is 1. The van der Waals surface area contributed by atoms with Crippen molar-refractivity contribution < 1.29 is 23.9 Å². The predicted molar refractivity (Wildman–Crippen MR) is 146 cm³/mol. The molecule has 0 bridgehead atoms. The van der Waals surface area contributed by atoms with Crippen LogP contribution in [-0.4, -0.2) is 48.1 Å². The van der Waals surface area contributed by atoms with E-state index in [1.807, 2.05) is 52.0 Å². The molecular formula is C29H41N3O5. The highest BCUT2D eigenvalue weighted by Crippen LogP contribution is 2.27. The van der Waals surface area contributed by atoms with Crippen molar-refractivity contribution in [3.05, 3.63) is 59.7 Å². The summed E-state index contributed by atoms with van der Waals surface area (Å²) in [5, 5.41) is 5.69. The smallest absolute Gasteiger partial charge is 0.408 e. The first kappa shape index (κ1) is 29.7. The highest BCUT2D eigenvalue weighted by Gasteiger charge is 2.37. The molecule has 0 heterocycles. The molecule has 202 valence electrons. The Bertz CT molecular complexity index is 1060. The summed E-state index contributed by atoms with van der Waals surface area (Å²) in [4.78, 5) is 41.8. The molecule has 2 aromatic carbocycles. The van der Waals surface area contributed by atoms with Crippen LogP contribution >= 0.6 is 0 Å². The fraction of sp³-hybridized carbons (Fsp3) is 0.483. The lowest BCUT2D eigenvalue weighted by Crippen LogP contribution is -2.54. The number of nitrogens with zero attached hydrogens (tertiary/aromatic N) is 1. The Kier molecular flexibility index (Phi) is 10.5. The van der Waals surface area contributed by atoms with Gasteiger partial charge >= 0.3 is 6.09 Å². The van der Waals surface area contributed by atoms with Gasteiger partial charge in [0.1, 0.15) is 23.4 Å². The van der Waals surface area contributed by atoms with Crippen molar-refractivity contribution in [2.75, 3.05) is 19.0 Å². The molecule has 0 aliphatic carbocycles. The number of methoxy groups -OCH3 is 1. The van der Waals surface area contributed by atoms with Crippen LogP contribution in [0, 0.1) is 12.8 Å². The second kappa shape index (κ2) is 13.1. The summed E-state index contributed by atoms with van der Waals surface area (Å²) in [6, 6.07) is 12.8. The molecule has 2 rings (SSSR count). The van der Waals surface area contributed by atoms with Crippen LogP contribution in [0.3, 0.4) is 0 Å². The van der Waals surface area contributed by atoms with Crippen molar-refractivity contribution in [2.24, 2.45) is 5.92 Å². The number of hydrogen-bond acceptors (Lipinski definition) is 5. The molecule has 0 aliphatic rings. The number of nitrogens with one attached hydrogen (secondary N) is 2. The fourth-order valence-corrected chi connectivity index (χ4v) is 3.96. The zero-order valence-electron chi connectivity index (χ0n) is 23.3. The number of ether oxygens (including phenoxy) is 2. The minimum atomic E-state index is -0.911. The van der Waals surface area contributed by atoms with Gasteiger partial charge in [0.2, 0.25) is 5.91 Å². The minimum Gasteiger partial charge on any atom is -0.497 e. The SMILES string of the molecule is CCC(C)C(NC(=O)OC(C)(C)C)C(=O)N(CC)C(C(=O)Nc1ccc(OC)cc1)c1cccc(C)c1. The highest BCUT2D eigenvalue weighted by molar-refractivity contribution is 5.99. The molecule has 0 aliphatic heterocycles. The van der Waals surface area contributed by atoms with Crippen molar-refractivity contribution in [3.8, 4) is 5.75 Å². The van der Waals surface area contributed by atoms with E-state index in [4.69, 9.17) is 9.47 Å². The first-order chi connectivity index (χ1) is 17.4. The molecule has 0 radical (unpaired) electrons. The first-order valence-corrected chi connectivity index (χ1v) is 12.7. The molecule has 3 atom stereocenters. The van der Waals surface area contributed by atoms with Crippen molar-refractivity contribution >= 4 is 23.6 Å². The molecular weight excluding hydrogens is 470 g/mol. The van der Waals surface area contributed by atoms with E-state index in [0.29, 0.717) is 23.4 Å². The number of aryl methyl sites for hydroxylation is 1. The third-order valence-electron chi connectivity index (χ3n) is 6.05. The quantitative estimate of drug-likeness (QED) is 0.441. The average molecular weight is 512 g/mol. The van der Waals surface area contributed by atoms with Crippen molar-refractivity contribution in [1.82, 2.24) is 10.2 Å². The van der Waals surface area contributed by atoms with E-state index in [-0.39, 0.29) is 24.3 Å². The van der Waals surface area contributed by atoms with Crippen molar-refractivity contribution in [2.45, 2.75) is 72.6 Å². The van der Waals surface area contributed by atoms with E-state index >= 15 is 0 Å². The molecule has 0 spiro atoms. The minimum absolute atomic E-state index is 0.183. The Labute approximate surface area is 220 Å². The Morgan fingerprint density at radius 3 is 2.19 bits per heavy atom. The Balaban J connectivity index is 2.45. The van der Waals surface area contributed by atoms with Gasteiger partial charge in [-0.25, -0.2) is 4.79 Å². The molecule has 0 aromatic heterocycles. The van der Waals surface area contributed by atoms with Gasteiger partial charge in [0.15, 0.2) is 0 Å². The molecule has 37 heavy (non-hydrogen) atoms. The second-order valence-electron chi connectivity index (χ2n) is 10.2. The maximum atomic E-state index is 14.0. The maximum absolute atomic E-state index is 14.0. The molecule has 3 amide bonds. The largest absolute Gasteiger partial charge is 0.497 e. The van der Waals surface area contributed by atoms with Crippen LogP contribution in [-0.2, 0) is 14.3 Å². The Morgan fingerprint density at radius 1 is 1.03 bits per heavy atom. The number of hydrogen-bond donors (Lipinski definition) is 2. The number of amides is 3. The molecule has 2 N–H and O–H groups in total. The normalized spacial score (nSPS) is 13.6. The molecule has 8 heteroatoms. The topological polar surface area (TPSA) is 97.0 Å². The van der Waals surface area contributed by atoms with Crippen LogP contribution < -0.4 is 15.4 Å². The lowest BCUT2D eigenvalue weighted by atomic mass is 9.95. The number of carbonyl (C=O) groups is 3. The lowest BCUT2D eigenvalue weighted by Gasteiger charge is -2.35. The average Bonchev–Trinajstić information content (AvgIpc) is 2.84. The van der Waals surface area contributed by atoms with Crippen LogP contribution in [0.4, 0.5) is 10.5 Å². The summed E-state index contributed by atoms with van der Waals surface area (Å²) in [6.07, 6.45) is -0.0197. The number of carbonyl (C=O) groups excluding carboxylic acids is 3. The highest BCUT2D eigenvalue weighted by atomic mass is 16.6. The summed E-state index contributed by atoms with van der Waals surface area (Å²) in [5.74, 6) is -0.217. The molecule has 8 nitrogen and oxygen atoms in total. The number of alkyl carbamates (subject to hydrolysis) is 1. The van der Waals surface area contributed by atoms with E-state index in [2.05, 4.69) is 10.6 Å². The fourth-order valence-electron chi connectivity index (χ4n) is 3.96. The van der Waals surface area contributed by atoms with Gasteiger partial charge in [-0.1, -0.05) is 50.1 Å². The van der Waals surface area contributed by atoms with Gasteiger partial charge < -0.3 is 25.0 Å². The van der Waals surface area contributed by atoms with Gasteiger partial charge in [0, 0.05) is 12.2 Å². The van der Waals surface area contributed by atoms with E-state index < -0.39 is 23.8 Å². The Morgan fingerprint density at radius 2 is 1.68 bits per heavy atom. The van der Waals surface area contributed by atoms with Gasteiger partial charge in [-0.2, -0.15) is 0 Å². The summed E-state index contributed by atoms with van der Waals surface area (Å²) in [5.41, 5.74) is 1.52.